The van der Waals surface area contributed by atoms with Crippen LogP contribution in [-0.2, 0) is 4.74 Å². The van der Waals surface area contributed by atoms with Gasteiger partial charge in [-0.3, -0.25) is 0 Å². The lowest BCUT2D eigenvalue weighted by Crippen LogP contribution is -2.17. The average molecular weight is 357 g/mol. The molecule has 23 heavy (non-hydrogen) atoms. The zero-order chi connectivity index (χ0) is 17.2. The Morgan fingerprint density at radius 1 is 1.52 bits per heavy atom. The van der Waals surface area contributed by atoms with E-state index in [9.17, 15) is 4.39 Å². The van der Waals surface area contributed by atoms with Gasteiger partial charge >= 0.3 is 0 Å². The molecule has 1 aliphatic rings. The van der Waals surface area contributed by atoms with Crippen LogP contribution in [0.3, 0.4) is 0 Å². The van der Waals surface area contributed by atoms with Crippen LogP contribution in [0.2, 0.25) is 0 Å². The molecule has 2 atom stereocenters. The summed E-state index contributed by atoms with van der Waals surface area (Å²) in [5.74, 6) is -0.261. The quantitative estimate of drug-likeness (QED) is 0.298. The van der Waals surface area contributed by atoms with Crippen LogP contribution >= 0.6 is 23.2 Å². The van der Waals surface area contributed by atoms with Crippen LogP contribution in [0.25, 0.3) is 0 Å². The fraction of sp³-hybridized carbons (Fsp3) is 0.368. The fourth-order valence-corrected chi connectivity index (χ4v) is 2.45. The third-order valence-electron chi connectivity index (χ3n) is 3.48. The number of ether oxygens (including phenoxy) is 1. The molecule has 0 aromatic heterocycles. The molecule has 4 heteroatoms. The predicted octanol–water partition coefficient (Wildman–Crippen LogP) is 6.24. The molecule has 0 aromatic rings. The van der Waals surface area contributed by atoms with Crippen molar-refractivity contribution in [3.05, 3.63) is 71.6 Å². The molecular formula is C19H23Cl2FO. The second kappa shape index (κ2) is 10.6. The molecule has 1 heterocycles. The van der Waals surface area contributed by atoms with Gasteiger partial charge in [-0.15, -0.1) is 18.2 Å². The Morgan fingerprint density at radius 2 is 2.26 bits per heavy atom. The second-order valence-corrected chi connectivity index (χ2v) is 6.18. The van der Waals surface area contributed by atoms with Gasteiger partial charge < -0.3 is 4.74 Å². The van der Waals surface area contributed by atoms with Crippen LogP contribution in [0.5, 0.6) is 0 Å². The Morgan fingerprint density at radius 3 is 2.83 bits per heavy atom. The van der Waals surface area contributed by atoms with Crippen LogP contribution < -0.4 is 0 Å². The van der Waals surface area contributed by atoms with E-state index >= 15 is 0 Å². The van der Waals surface area contributed by atoms with Gasteiger partial charge in [0.25, 0.3) is 0 Å². The molecule has 1 unspecified atom stereocenters. The minimum Gasteiger partial charge on any atom is -0.374 e. The molecule has 0 saturated carbocycles. The third-order valence-corrected chi connectivity index (χ3v) is 3.89. The minimum absolute atomic E-state index is 0.244. The molecule has 1 aliphatic heterocycles. The smallest absolute Gasteiger partial charge is 0.120 e. The first-order valence-corrected chi connectivity index (χ1v) is 8.47. The molecule has 0 aromatic carbocycles. The summed E-state index contributed by atoms with van der Waals surface area (Å²) in [7, 11) is 0. The van der Waals surface area contributed by atoms with Gasteiger partial charge in [0.2, 0.25) is 0 Å². The normalized spacial score (nSPS) is 23.3. The summed E-state index contributed by atoms with van der Waals surface area (Å²) in [5, 5.41) is 0.490. The van der Waals surface area contributed by atoms with Crippen molar-refractivity contribution >= 4 is 23.2 Å². The van der Waals surface area contributed by atoms with Crippen LogP contribution in [0.4, 0.5) is 4.39 Å². The molecule has 1 fully saturated rings. The van der Waals surface area contributed by atoms with Crippen molar-refractivity contribution in [2.45, 2.75) is 25.9 Å². The van der Waals surface area contributed by atoms with E-state index < -0.39 is 0 Å². The Hall–Kier alpha value is -1.09. The second-order valence-electron chi connectivity index (χ2n) is 5.44. The van der Waals surface area contributed by atoms with E-state index in [0.717, 1.165) is 18.4 Å². The highest BCUT2D eigenvalue weighted by Crippen LogP contribution is 2.23. The third kappa shape index (κ3) is 7.83. The van der Waals surface area contributed by atoms with Gasteiger partial charge in [0.1, 0.15) is 5.83 Å². The fourth-order valence-electron chi connectivity index (χ4n) is 2.13. The summed E-state index contributed by atoms with van der Waals surface area (Å²) in [6, 6.07) is 0. The zero-order valence-electron chi connectivity index (χ0n) is 13.4. The van der Waals surface area contributed by atoms with Gasteiger partial charge in [0, 0.05) is 16.8 Å². The van der Waals surface area contributed by atoms with Crippen LogP contribution in [0, 0.1) is 5.92 Å². The van der Waals surface area contributed by atoms with Crippen LogP contribution in [-0.4, -0.2) is 18.6 Å². The van der Waals surface area contributed by atoms with E-state index in [0.29, 0.717) is 23.1 Å². The summed E-state index contributed by atoms with van der Waals surface area (Å²) >= 11 is 11.6. The Labute approximate surface area is 148 Å². The molecule has 0 N–H and O–H groups in total. The van der Waals surface area contributed by atoms with Gasteiger partial charge in [0.05, 0.1) is 12.7 Å². The Balaban J connectivity index is 2.77. The summed E-state index contributed by atoms with van der Waals surface area (Å²) in [4.78, 5) is 0. The molecule has 0 spiro atoms. The van der Waals surface area contributed by atoms with Crippen LogP contribution in [0.15, 0.2) is 71.6 Å². The van der Waals surface area contributed by atoms with E-state index in [1.54, 1.807) is 24.3 Å². The number of halogens is 3. The number of rotatable bonds is 7. The van der Waals surface area contributed by atoms with E-state index in [1.165, 1.54) is 12.2 Å². The summed E-state index contributed by atoms with van der Waals surface area (Å²) in [6.45, 7) is 10.2. The molecule has 0 bridgehead atoms. The van der Waals surface area contributed by atoms with Crippen molar-refractivity contribution < 1.29 is 9.13 Å². The molecule has 126 valence electrons. The molecule has 0 radical (unpaired) electrons. The van der Waals surface area contributed by atoms with E-state index in [4.69, 9.17) is 27.9 Å². The number of alkyl halides is 1. The molecule has 0 aliphatic carbocycles. The largest absolute Gasteiger partial charge is 0.374 e. The van der Waals surface area contributed by atoms with Gasteiger partial charge in [-0.25, -0.2) is 4.39 Å². The highest BCUT2D eigenvalue weighted by atomic mass is 35.5. The lowest BCUT2D eigenvalue weighted by atomic mass is 9.98. The molecule has 1 rings (SSSR count). The van der Waals surface area contributed by atoms with Crippen LogP contribution in [0.1, 0.15) is 19.8 Å². The van der Waals surface area contributed by atoms with Crippen molar-refractivity contribution in [3.63, 3.8) is 0 Å². The van der Waals surface area contributed by atoms with E-state index in [1.807, 2.05) is 6.92 Å². The SMILES string of the molecule is C=CC(/C=C(F)\C=C1\CC[C@H](C)OC1)C(=C)/C=C(Cl)\C=C/CCl. The minimum atomic E-state index is -0.326. The lowest BCUT2D eigenvalue weighted by Gasteiger charge is -2.21. The standard InChI is InChI=1S/C19H23Cl2FO/c1-4-17(14(2)10-18(21)6-5-9-20)12-19(22)11-16-8-7-15(3)23-13-16/h4-6,10-12,15,17H,1-2,7-9,13H2,3H3/b6-5-,16-11-,18-10+,19-12+/t15-,17?/m0/s1. The van der Waals surface area contributed by atoms with Crippen molar-refractivity contribution in [2.75, 3.05) is 12.5 Å². The highest BCUT2D eigenvalue weighted by molar-refractivity contribution is 6.31. The first-order valence-electron chi connectivity index (χ1n) is 7.55. The lowest BCUT2D eigenvalue weighted by molar-refractivity contribution is 0.0557. The number of allylic oxidation sites excluding steroid dienone is 9. The monoisotopic (exact) mass is 356 g/mol. The van der Waals surface area contributed by atoms with E-state index in [-0.39, 0.29) is 17.8 Å². The Bertz CT molecular complexity index is 534. The van der Waals surface area contributed by atoms with Crippen molar-refractivity contribution in [3.8, 4) is 0 Å². The summed E-state index contributed by atoms with van der Waals surface area (Å²) < 4.78 is 19.7. The maximum atomic E-state index is 14.2. The first kappa shape index (κ1) is 20.0. The highest BCUT2D eigenvalue weighted by Gasteiger charge is 2.13. The predicted molar refractivity (Wildman–Crippen MR) is 98.5 cm³/mol. The molecular weight excluding hydrogens is 334 g/mol. The maximum absolute atomic E-state index is 14.2. The molecule has 0 amide bonds. The number of hydrogen-bond acceptors (Lipinski definition) is 1. The topological polar surface area (TPSA) is 9.23 Å². The van der Waals surface area contributed by atoms with Crippen molar-refractivity contribution in [1.82, 2.24) is 0 Å². The van der Waals surface area contributed by atoms with Crippen molar-refractivity contribution in [2.24, 2.45) is 5.92 Å². The summed E-state index contributed by atoms with van der Waals surface area (Å²) in [6.07, 6.45) is 11.8. The average Bonchev–Trinajstić information content (AvgIpc) is 2.52. The molecule has 1 nitrogen and oxygen atoms in total. The summed E-state index contributed by atoms with van der Waals surface area (Å²) in [5.41, 5.74) is 1.62. The van der Waals surface area contributed by atoms with Gasteiger partial charge in [-0.1, -0.05) is 30.3 Å². The Kier molecular flexibility index (Phi) is 9.23. The van der Waals surface area contributed by atoms with E-state index in [2.05, 4.69) is 13.2 Å². The van der Waals surface area contributed by atoms with Gasteiger partial charge in [0.15, 0.2) is 0 Å². The van der Waals surface area contributed by atoms with Crippen molar-refractivity contribution in [1.29, 1.82) is 0 Å². The maximum Gasteiger partial charge on any atom is 0.120 e. The van der Waals surface area contributed by atoms with Gasteiger partial charge in [-0.05, 0) is 55.2 Å². The first-order chi connectivity index (χ1) is 11.0. The number of hydrogen-bond donors (Lipinski definition) is 0. The zero-order valence-corrected chi connectivity index (χ0v) is 14.9. The molecule has 1 saturated heterocycles. The van der Waals surface area contributed by atoms with Gasteiger partial charge in [-0.2, -0.15) is 0 Å².